The molecule has 4 nitrogen and oxygen atoms in total. The fourth-order valence-corrected chi connectivity index (χ4v) is 1.32. The molecule has 0 aliphatic rings. The Morgan fingerprint density at radius 2 is 2.21 bits per heavy atom. The van der Waals surface area contributed by atoms with E-state index in [0.717, 1.165) is 16.9 Å². The van der Waals surface area contributed by atoms with Gasteiger partial charge in [0.15, 0.2) is 0 Å². The van der Waals surface area contributed by atoms with E-state index in [-0.39, 0.29) is 6.04 Å². The quantitative estimate of drug-likeness (QED) is 0.410. The van der Waals surface area contributed by atoms with Gasteiger partial charge in [-0.05, 0) is 18.5 Å². The second kappa shape index (κ2) is 4.53. The van der Waals surface area contributed by atoms with Gasteiger partial charge in [0.05, 0.1) is 13.2 Å². The molecule has 0 bridgehead atoms. The first kappa shape index (κ1) is 10.4. The highest BCUT2D eigenvalue weighted by Crippen LogP contribution is 2.28. The molecule has 0 saturated carbocycles. The summed E-state index contributed by atoms with van der Waals surface area (Å²) in [6, 6.07) is 5.62. The number of hydrogen-bond donors (Lipinski definition) is 0. The largest absolute Gasteiger partial charge is 0.496 e. The van der Waals surface area contributed by atoms with Gasteiger partial charge in [-0.1, -0.05) is 29.7 Å². The number of rotatable bonds is 3. The normalized spacial score (nSPS) is 11.6. The van der Waals surface area contributed by atoms with Gasteiger partial charge in [0.25, 0.3) is 0 Å². The molecule has 0 saturated heterocycles. The molecule has 1 rings (SSSR count). The van der Waals surface area contributed by atoms with Crippen LogP contribution in [0.15, 0.2) is 23.3 Å². The van der Waals surface area contributed by atoms with Crippen molar-refractivity contribution >= 4 is 0 Å². The molecule has 0 fully saturated rings. The number of azide groups is 1. The number of ether oxygens (including phenoxy) is 1. The smallest absolute Gasteiger partial charge is 0.122 e. The van der Waals surface area contributed by atoms with Crippen molar-refractivity contribution in [2.45, 2.75) is 19.9 Å². The molecule has 1 aromatic carbocycles. The Morgan fingerprint density at radius 1 is 1.50 bits per heavy atom. The SMILES string of the molecule is COc1ccc(C)cc1[C@@H](C)N=[N+]=[N-]. The standard InChI is InChI=1S/C10H13N3O/c1-7-4-5-10(14-3)9(6-7)8(2)12-13-11/h4-6,8H,1-3H3/t8-/m1/s1. The predicted octanol–water partition coefficient (Wildman–Crippen LogP) is 3.37. The van der Waals surface area contributed by atoms with Gasteiger partial charge in [-0.3, -0.25) is 0 Å². The second-order valence-electron chi connectivity index (χ2n) is 3.13. The van der Waals surface area contributed by atoms with Crippen LogP contribution in [-0.4, -0.2) is 7.11 Å². The Balaban J connectivity index is 3.15. The number of hydrogen-bond acceptors (Lipinski definition) is 2. The maximum Gasteiger partial charge on any atom is 0.122 e. The summed E-state index contributed by atoms with van der Waals surface area (Å²) in [4.78, 5) is 2.79. The van der Waals surface area contributed by atoms with Crippen LogP contribution in [0, 0.1) is 6.92 Å². The van der Waals surface area contributed by atoms with Crippen LogP contribution in [0.3, 0.4) is 0 Å². The summed E-state index contributed by atoms with van der Waals surface area (Å²) < 4.78 is 5.18. The van der Waals surface area contributed by atoms with E-state index in [1.807, 2.05) is 32.0 Å². The van der Waals surface area contributed by atoms with Gasteiger partial charge >= 0.3 is 0 Å². The number of benzene rings is 1. The molecule has 0 N–H and O–H groups in total. The molecule has 0 aliphatic carbocycles. The van der Waals surface area contributed by atoms with Crippen molar-refractivity contribution < 1.29 is 4.74 Å². The predicted molar refractivity (Wildman–Crippen MR) is 55.3 cm³/mol. The maximum absolute atomic E-state index is 8.35. The first-order valence-corrected chi connectivity index (χ1v) is 4.37. The van der Waals surface area contributed by atoms with Crippen LogP contribution in [0.2, 0.25) is 0 Å². The minimum absolute atomic E-state index is 0.199. The summed E-state index contributed by atoms with van der Waals surface area (Å²) in [5.74, 6) is 0.760. The highest BCUT2D eigenvalue weighted by atomic mass is 16.5. The molecule has 0 radical (unpaired) electrons. The van der Waals surface area contributed by atoms with Crippen molar-refractivity contribution in [3.63, 3.8) is 0 Å². The van der Waals surface area contributed by atoms with Crippen LogP contribution in [0.25, 0.3) is 10.4 Å². The van der Waals surface area contributed by atoms with E-state index >= 15 is 0 Å². The first-order chi connectivity index (χ1) is 6.69. The van der Waals surface area contributed by atoms with Crippen LogP contribution in [0.4, 0.5) is 0 Å². The Labute approximate surface area is 83.1 Å². The van der Waals surface area contributed by atoms with Crippen LogP contribution >= 0.6 is 0 Å². The van der Waals surface area contributed by atoms with Crippen molar-refractivity contribution in [2.24, 2.45) is 5.11 Å². The van der Waals surface area contributed by atoms with Gasteiger partial charge in [-0.2, -0.15) is 0 Å². The van der Waals surface area contributed by atoms with Crippen LogP contribution < -0.4 is 4.74 Å². The van der Waals surface area contributed by atoms with Crippen LogP contribution in [0.1, 0.15) is 24.1 Å². The lowest BCUT2D eigenvalue weighted by Crippen LogP contribution is -1.95. The molecular formula is C10H13N3O. The molecule has 0 aliphatic heterocycles. The third-order valence-electron chi connectivity index (χ3n) is 2.06. The first-order valence-electron chi connectivity index (χ1n) is 4.37. The minimum Gasteiger partial charge on any atom is -0.496 e. The van der Waals surface area contributed by atoms with E-state index in [9.17, 15) is 0 Å². The Bertz CT molecular complexity index is 370. The summed E-state index contributed by atoms with van der Waals surface area (Å²) in [5, 5.41) is 3.65. The van der Waals surface area contributed by atoms with E-state index in [1.54, 1.807) is 7.11 Å². The van der Waals surface area contributed by atoms with E-state index in [1.165, 1.54) is 0 Å². The van der Waals surface area contributed by atoms with Crippen molar-refractivity contribution in [1.29, 1.82) is 0 Å². The van der Waals surface area contributed by atoms with Gasteiger partial charge < -0.3 is 4.74 Å². The number of aryl methyl sites for hydroxylation is 1. The zero-order valence-corrected chi connectivity index (χ0v) is 8.56. The van der Waals surface area contributed by atoms with E-state index < -0.39 is 0 Å². The maximum atomic E-state index is 8.35. The highest BCUT2D eigenvalue weighted by molar-refractivity contribution is 5.38. The molecule has 0 heterocycles. The van der Waals surface area contributed by atoms with Gasteiger partial charge in [0.2, 0.25) is 0 Å². The van der Waals surface area contributed by atoms with Crippen molar-refractivity contribution in [2.75, 3.05) is 7.11 Å². The highest BCUT2D eigenvalue weighted by Gasteiger charge is 2.09. The molecule has 4 heteroatoms. The van der Waals surface area contributed by atoms with E-state index in [2.05, 4.69) is 10.0 Å². The molecule has 0 unspecified atom stereocenters. The molecule has 0 spiro atoms. The summed E-state index contributed by atoms with van der Waals surface area (Å²) in [5.41, 5.74) is 10.4. The van der Waals surface area contributed by atoms with E-state index in [0.29, 0.717) is 0 Å². The molecule has 0 aromatic heterocycles. The monoisotopic (exact) mass is 191 g/mol. The lowest BCUT2D eigenvalue weighted by Gasteiger charge is -2.11. The Kier molecular flexibility index (Phi) is 3.37. The lowest BCUT2D eigenvalue weighted by molar-refractivity contribution is 0.406. The summed E-state index contributed by atoms with van der Waals surface area (Å²) in [6.45, 7) is 3.84. The third kappa shape index (κ3) is 2.18. The Hall–Kier alpha value is -1.67. The molecule has 14 heavy (non-hydrogen) atoms. The topological polar surface area (TPSA) is 58.0 Å². The average molecular weight is 191 g/mol. The zero-order valence-electron chi connectivity index (χ0n) is 8.56. The van der Waals surface area contributed by atoms with Gasteiger partial charge in [0.1, 0.15) is 5.75 Å². The molecular weight excluding hydrogens is 178 g/mol. The third-order valence-corrected chi connectivity index (χ3v) is 2.06. The molecule has 1 aromatic rings. The number of methoxy groups -OCH3 is 1. The fraction of sp³-hybridized carbons (Fsp3) is 0.400. The van der Waals surface area contributed by atoms with Crippen molar-refractivity contribution in [3.8, 4) is 5.75 Å². The Morgan fingerprint density at radius 3 is 2.79 bits per heavy atom. The zero-order chi connectivity index (χ0) is 10.6. The molecule has 1 atom stereocenters. The van der Waals surface area contributed by atoms with Crippen LogP contribution in [-0.2, 0) is 0 Å². The molecule has 0 amide bonds. The second-order valence-corrected chi connectivity index (χ2v) is 3.13. The fourth-order valence-electron chi connectivity index (χ4n) is 1.32. The summed E-state index contributed by atoms with van der Waals surface area (Å²) in [6.07, 6.45) is 0. The van der Waals surface area contributed by atoms with Gasteiger partial charge in [0, 0.05) is 10.5 Å². The van der Waals surface area contributed by atoms with Crippen LogP contribution in [0.5, 0.6) is 5.75 Å². The number of nitrogens with zero attached hydrogens (tertiary/aromatic N) is 3. The van der Waals surface area contributed by atoms with Gasteiger partial charge in [-0.15, -0.1) is 0 Å². The molecule has 74 valence electrons. The summed E-state index contributed by atoms with van der Waals surface area (Å²) in [7, 11) is 1.61. The minimum atomic E-state index is -0.199. The van der Waals surface area contributed by atoms with Crippen molar-refractivity contribution in [3.05, 3.63) is 39.8 Å². The van der Waals surface area contributed by atoms with Gasteiger partial charge in [-0.25, -0.2) is 0 Å². The summed E-state index contributed by atoms with van der Waals surface area (Å²) >= 11 is 0. The van der Waals surface area contributed by atoms with Crippen molar-refractivity contribution in [1.82, 2.24) is 0 Å². The average Bonchev–Trinajstić information content (AvgIpc) is 2.18. The lowest BCUT2D eigenvalue weighted by atomic mass is 10.1. The van der Waals surface area contributed by atoms with E-state index in [4.69, 9.17) is 10.3 Å².